The average Bonchev–Trinajstić information content (AvgIpc) is 3.52. The Bertz CT molecular complexity index is 1320. The number of hydrogen-bond donors (Lipinski definition) is 0. The van der Waals surface area contributed by atoms with E-state index in [2.05, 4.69) is 68.7 Å². The molecule has 2 aromatic carbocycles. The molecular formula is C26H23N5. The Labute approximate surface area is 181 Å². The highest BCUT2D eigenvalue weighted by Crippen LogP contribution is 2.36. The lowest BCUT2D eigenvalue weighted by molar-refractivity contribution is 0.659. The maximum atomic E-state index is 9.09. The number of aromatic nitrogens is 3. The van der Waals surface area contributed by atoms with E-state index in [1.807, 2.05) is 30.5 Å². The molecule has 2 aliphatic rings. The Balaban J connectivity index is 1.44. The molecule has 6 rings (SSSR count). The molecule has 1 fully saturated rings. The molecule has 4 heterocycles. The molecule has 152 valence electrons. The van der Waals surface area contributed by atoms with Crippen LogP contribution in [-0.4, -0.2) is 27.2 Å². The lowest BCUT2D eigenvalue weighted by Crippen LogP contribution is -2.19. The Hall–Kier alpha value is -3.78. The number of hydrogen-bond acceptors (Lipinski definition) is 3. The van der Waals surface area contributed by atoms with E-state index in [0.29, 0.717) is 5.56 Å². The van der Waals surface area contributed by atoms with Gasteiger partial charge in [-0.2, -0.15) is 5.26 Å². The Morgan fingerprint density at radius 3 is 2.71 bits per heavy atom. The number of anilines is 1. The minimum atomic E-state index is 0.678. The smallest absolute Gasteiger partial charge is 0.161 e. The molecule has 5 nitrogen and oxygen atoms in total. The van der Waals surface area contributed by atoms with Crippen molar-refractivity contribution < 1.29 is 0 Å². The Morgan fingerprint density at radius 1 is 1.06 bits per heavy atom. The number of benzene rings is 2. The number of fused-ring (bicyclic) bond motifs is 5. The quantitative estimate of drug-likeness (QED) is 0.411. The predicted molar refractivity (Wildman–Crippen MR) is 122 cm³/mol. The molecule has 4 aromatic rings. The molecule has 2 aromatic heterocycles. The van der Waals surface area contributed by atoms with E-state index in [-0.39, 0.29) is 0 Å². The van der Waals surface area contributed by atoms with Gasteiger partial charge in [-0.25, -0.2) is 4.98 Å². The lowest BCUT2D eigenvalue weighted by Gasteiger charge is -2.20. The van der Waals surface area contributed by atoms with Crippen molar-refractivity contribution in [3.05, 3.63) is 78.2 Å². The van der Waals surface area contributed by atoms with Crippen LogP contribution in [0.3, 0.4) is 0 Å². The molecule has 1 unspecified atom stereocenters. The van der Waals surface area contributed by atoms with Gasteiger partial charge >= 0.3 is 0 Å². The average molecular weight is 406 g/mol. The highest BCUT2D eigenvalue weighted by Gasteiger charge is 2.24. The van der Waals surface area contributed by atoms with Crippen LogP contribution in [-0.2, 0) is 6.54 Å². The normalized spacial score (nSPS) is 16.9. The fraction of sp³-hybridized carbons (Fsp3) is 0.231. The standard InChI is InChI=1S/C26H23N5/c1-18-8-10-29(15-18)23-6-7-24-22(12-23)17-30-16-21(20-4-2-19(14-27)3-5-20)13-25(30)26-28-9-11-31(24)26/h2-7,9,11-13,16,18H,8,10,15,17H2,1H3. The van der Waals surface area contributed by atoms with Gasteiger partial charge in [0, 0.05) is 49.5 Å². The first-order chi connectivity index (χ1) is 15.2. The first kappa shape index (κ1) is 18.0. The van der Waals surface area contributed by atoms with Crippen molar-refractivity contribution in [1.29, 1.82) is 5.26 Å². The van der Waals surface area contributed by atoms with Crippen LogP contribution in [0.1, 0.15) is 24.5 Å². The summed E-state index contributed by atoms with van der Waals surface area (Å²) in [5.74, 6) is 1.71. The number of imidazole rings is 1. The zero-order chi connectivity index (χ0) is 20.9. The monoisotopic (exact) mass is 405 g/mol. The van der Waals surface area contributed by atoms with Gasteiger partial charge in [0.15, 0.2) is 5.82 Å². The molecule has 2 aliphatic heterocycles. The number of rotatable bonds is 2. The second-order valence-corrected chi connectivity index (χ2v) is 8.70. The Morgan fingerprint density at radius 2 is 1.94 bits per heavy atom. The van der Waals surface area contributed by atoms with Gasteiger partial charge in [0.05, 0.1) is 23.0 Å². The molecule has 0 aliphatic carbocycles. The van der Waals surface area contributed by atoms with Crippen molar-refractivity contribution in [2.45, 2.75) is 19.9 Å². The van der Waals surface area contributed by atoms with Crippen molar-refractivity contribution in [3.8, 4) is 34.4 Å². The van der Waals surface area contributed by atoms with Crippen LogP contribution in [0.4, 0.5) is 5.69 Å². The molecular weight excluding hydrogens is 382 g/mol. The molecule has 1 atom stereocenters. The summed E-state index contributed by atoms with van der Waals surface area (Å²) in [5.41, 5.74) is 7.85. The molecule has 0 radical (unpaired) electrons. The Kier molecular flexibility index (Phi) is 4.00. The van der Waals surface area contributed by atoms with Gasteiger partial charge in [-0.15, -0.1) is 0 Å². The maximum absolute atomic E-state index is 9.09. The molecule has 5 heteroatoms. The van der Waals surface area contributed by atoms with Crippen LogP contribution in [0.2, 0.25) is 0 Å². The molecule has 0 spiro atoms. The largest absolute Gasteiger partial charge is 0.371 e. The van der Waals surface area contributed by atoms with Crippen molar-refractivity contribution in [2.24, 2.45) is 5.92 Å². The van der Waals surface area contributed by atoms with Crippen LogP contribution in [0.15, 0.2) is 67.1 Å². The second kappa shape index (κ2) is 6.88. The highest BCUT2D eigenvalue weighted by atomic mass is 15.2. The van der Waals surface area contributed by atoms with E-state index < -0.39 is 0 Å². The van der Waals surface area contributed by atoms with Gasteiger partial charge in [0.1, 0.15) is 0 Å². The number of nitriles is 1. The van der Waals surface area contributed by atoms with Crippen LogP contribution >= 0.6 is 0 Å². The van der Waals surface area contributed by atoms with E-state index in [1.165, 1.54) is 23.4 Å². The first-order valence-electron chi connectivity index (χ1n) is 10.8. The van der Waals surface area contributed by atoms with Crippen molar-refractivity contribution in [2.75, 3.05) is 18.0 Å². The molecule has 31 heavy (non-hydrogen) atoms. The third-order valence-corrected chi connectivity index (χ3v) is 6.57. The van der Waals surface area contributed by atoms with Crippen LogP contribution < -0.4 is 4.90 Å². The van der Waals surface area contributed by atoms with E-state index in [9.17, 15) is 0 Å². The van der Waals surface area contributed by atoms with Gasteiger partial charge in [-0.1, -0.05) is 19.1 Å². The third-order valence-electron chi connectivity index (χ3n) is 6.57. The molecule has 0 N–H and O–H groups in total. The minimum absolute atomic E-state index is 0.678. The maximum Gasteiger partial charge on any atom is 0.161 e. The minimum Gasteiger partial charge on any atom is -0.371 e. The summed E-state index contributed by atoms with van der Waals surface area (Å²) in [5, 5.41) is 9.09. The van der Waals surface area contributed by atoms with Crippen molar-refractivity contribution in [1.82, 2.24) is 14.1 Å². The number of nitrogens with zero attached hydrogens (tertiary/aromatic N) is 5. The molecule has 0 bridgehead atoms. The molecule has 0 amide bonds. The van der Waals surface area contributed by atoms with E-state index in [1.54, 1.807) is 0 Å². The van der Waals surface area contributed by atoms with Gasteiger partial charge < -0.3 is 9.47 Å². The molecule has 0 saturated carbocycles. The zero-order valence-corrected chi connectivity index (χ0v) is 17.5. The van der Waals surface area contributed by atoms with Crippen LogP contribution in [0, 0.1) is 17.2 Å². The van der Waals surface area contributed by atoms with Crippen molar-refractivity contribution >= 4 is 5.69 Å². The topological polar surface area (TPSA) is 49.8 Å². The van der Waals surface area contributed by atoms with Gasteiger partial charge in [-0.3, -0.25) is 4.57 Å². The van der Waals surface area contributed by atoms with Crippen LogP contribution in [0.25, 0.3) is 28.3 Å². The molecule has 1 saturated heterocycles. The summed E-state index contributed by atoms with van der Waals surface area (Å²) in [6.45, 7) is 5.40. The van der Waals surface area contributed by atoms with Gasteiger partial charge in [-0.05, 0) is 59.9 Å². The fourth-order valence-corrected chi connectivity index (χ4v) is 4.89. The lowest BCUT2D eigenvalue weighted by atomic mass is 10.1. The van der Waals surface area contributed by atoms with Gasteiger partial charge in [0.2, 0.25) is 0 Å². The van der Waals surface area contributed by atoms with Gasteiger partial charge in [0.25, 0.3) is 0 Å². The summed E-state index contributed by atoms with van der Waals surface area (Å²) >= 11 is 0. The summed E-state index contributed by atoms with van der Waals surface area (Å²) in [6.07, 6.45) is 7.39. The summed E-state index contributed by atoms with van der Waals surface area (Å²) in [6, 6.07) is 19.0. The highest BCUT2D eigenvalue weighted by molar-refractivity contribution is 5.72. The van der Waals surface area contributed by atoms with E-state index in [4.69, 9.17) is 5.26 Å². The fourth-order valence-electron chi connectivity index (χ4n) is 4.89. The van der Waals surface area contributed by atoms with Crippen molar-refractivity contribution in [3.63, 3.8) is 0 Å². The predicted octanol–water partition coefficient (Wildman–Crippen LogP) is 5.09. The zero-order valence-electron chi connectivity index (χ0n) is 17.5. The summed E-state index contributed by atoms with van der Waals surface area (Å²) in [4.78, 5) is 7.19. The van der Waals surface area contributed by atoms with E-state index in [0.717, 1.165) is 48.2 Å². The second-order valence-electron chi connectivity index (χ2n) is 8.70. The summed E-state index contributed by atoms with van der Waals surface area (Å²) < 4.78 is 4.50. The first-order valence-corrected chi connectivity index (χ1v) is 10.8. The summed E-state index contributed by atoms with van der Waals surface area (Å²) in [7, 11) is 0. The third kappa shape index (κ3) is 2.95. The van der Waals surface area contributed by atoms with Crippen LogP contribution in [0.5, 0.6) is 0 Å². The SMILES string of the molecule is CC1CCN(c2ccc3c(c2)Cn2cc(-c4ccc(C#N)cc4)cc2-c2nccn2-3)C1. The van der Waals surface area contributed by atoms with E-state index >= 15 is 0 Å².